The summed E-state index contributed by atoms with van der Waals surface area (Å²) in [5.74, 6) is 1.46. The minimum atomic E-state index is 0.637. The summed E-state index contributed by atoms with van der Waals surface area (Å²) >= 11 is 1.91. The Morgan fingerprint density at radius 2 is 2.19 bits per heavy atom. The van der Waals surface area contributed by atoms with Gasteiger partial charge in [0.15, 0.2) is 0 Å². The van der Waals surface area contributed by atoms with Crippen LogP contribution in [0, 0.1) is 12.8 Å². The third-order valence-electron chi connectivity index (χ3n) is 4.85. The van der Waals surface area contributed by atoms with Crippen LogP contribution in [0.5, 0.6) is 0 Å². The molecule has 2 aromatic heterocycles. The fourth-order valence-corrected chi connectivity index (χ4v) is 4.82. The van der Waals surface area contributed by atoms with Crippen LogP contribution in [0.1, 0.15) is 29.2 Å². The number of pyridine rings is 1. The molecular formula is C17H21N3S. The highest BCUT2D eigenvalue weighted by Gasteiger charge is 2.33. The second kappa shape index (κ2) is 5.52. The minimum absolute atomic E-state index is 0.637. The Bertz CT molecular complexity index is 614. The number of aryl methyl sites for hydroxylation is 1. The van der Waals surface area contributed by atoms with Gasteiger partial charge in [0.25, 0.3) is 0 Å². The number of aromatic nitrogens is 1. The maximum absolute atomic E-state index is 4.31. The third kappa shape index (κ3) is 2.52. The summed E-state index contributed by atoms with van der Waals surface area (Å²) in [6.07, 6.45) is 6.49. The molecule has 3 aliphatic rings. The number of hydrazine groups is 1. The van der Waals surface area contributed by atoms with Crippen molar-refractivity contribution in [1.29, 1.82) is 0 Å². The van der Waals surface area contributed by atoms with Crippen molar-refractivity contribution >= 4 is 11.3 Å². The Hall–Kier alpha value is -1.23. The molecule has 0 spiro atoms. The Kier molecular flexibility index (Phi) is 3.53. The lowest BCUT2D eigenvalue weighted by atomic mass is 9.81. The van der Waals surface area contributed by atoms with Gasteiger partial charge >= 0.3 is 0 Å². The smallest absolute Gasteiger partial charge is 0.0396 e. The summed E-state index contributed by atoms with van der Waals surface area (Å²) < 4.78 is 0. The van der Waals surface area contributed by atoms with Crippen molar-refractivity contribution in [1.82, 2.24) is 15.4 Å². The number of nitrogens with one attached hydrogen (secondary N) is 1. The number of hydrogen-bond acceptors (Lipinski definition) is 4. The standard InChI is InChI=1S/C17H21N3S/c1-12-9-15(17(21-12)14-3-2-6-18-10-14)16-11-19-20-7-4-13(16)5-8-20/h2-3,6,9-10,13,16,19H,4-5,7-8,11H2,1H3. The second-order valence-electron chi connectivity index (χ2n) is 6.18. The molecule has 1 unspecified atom stereocenters. The quantitative estimate of drug-likeness (QED) is 0.921. The maximum atomic E-state index is 4.31. The molecule has 0 aromatic carbocycles. The molecule has 0 radical (unpaired) electrons. The molecule has 5 heterocycles. The van der Waals surface area contributed by atoms with Crippen LogP contribution in [-0.4, -0.2) is 29.6 Å². The van der Waals surface area contributed by atoms with Crippen LogP contribution in [0.4, 0.5) is 0 Å². The maximum Gasteiger partial charge on any atom is 0.0396 e. The van der Waals surface area contributed by atoms with E-state index in [4.69, 9.17) is 0 Å². The Labute approximate surface area is 130 Å². The van der Waals surface area contributed by atoms with Gasteiger partial charge in [0, 0.05) is 53.3 Å². The van der Waals surface area contributed by atoms with Gasteiger partial charge in [-0.2, -0.15) is 0 Å². The molecule has 3 aliphatic heterocycles. The lowest BCUT2D eigenvalue weighted by molar-refractivity contribution is 0.165. The van der Waals surface area contributed by atoms with E-state index in [0.717, 1.165) is 12.5 Å². The van der Waals surface area contributed by atoms with Crippen LogP contribution in [0.25, 0.3) is 10.4 Å². The first-order valence-corrected chi connectivity index (χ1v) is 8.62. The van der Waals surface area contributed by atoms with Crippen molar-refractivity contribution in [2.75, 3.05) is 19.6 Å². The summed E-state index contributed by atoms with van der Waals surface area (Å²) in [5.41, 5.74) is 6.43. The van der Waals surface area contributed by atoms with Crippen molar-refractivity contribution in [2.24, 2.45) is 5.92 Å². The Balaban J connectivity index is 1.75. The highest BCUT2D eigenvalue weighted by atomic mass is 32.1. The van der Waals surface area contributed by atoms with Crippen molar-refractivity contribution in [3.05, 3.63) is 41.0 Å². The summed E-state index contributed by atoms with van der Waals surface area (Å²) in [5, 5.41) is 2.40. The van der Waals surface area contributed by atoms with E-state index < -0.39 is 0 Å². The molecule has 3 saturated heterocycles. The van der Waals surface area contributed by atoms with Crippen molar-refractivity contribution in [3.63, 3.8) is 0 Å². The first kappa shape index (κ1) is 13.4. The summed E-state index contributed by atoms with van der Waals surface area (Å²) in [6.45, 7) is 5.70. The Morgan fingerprint density at radius 3 is 2.95 bits per heavy atom. The van der Waals surface area contributed by atoms with Gasteiger partial charge in [-0.15, -0.1) is 11.3 Å². The number of fused-ring (bicyclic) bond motifs is 4. The van der Waals surface area contributed by atoms with Gasteiger partial charge in [-0.1, -0.05) is 6.07 Å². The fraction of sp³-hybridized carbons (Fsp3) is 0.471. The molecule has 0 saturated carbocycles. The van der Waals surface area contributed by atoms with Crippen LogP contribution < -0.4 is 5.43 Å². The minimum Gasteiger partial charge on any atom is -0.264 e. The van der Waals surface area contributed by atoms with Gasteiger partial charge in [0.05, 0.1) is 0 Å². The van der Waals surface area contributed by atoms with Crippen LogP contribution in [-0.2, 0) is 0 Å². The number of piperidine rings is 1. The molecule has 2 bridgehead atoms. The summed E-state index contributed by atoms with van der Waals surface area (Å²) in [4.78, 5) is 7.13. The summed E-state index contributed by atoms with van der Waals surface area (Å²) in [6, 6.07) is 6.64. The normalized spacial score (nSPS) is 28.5. The van der Waals surface area contributed by atoms with Crippen LogP contribution >= 0.6 is 11.3 Å². The van der Waals surface area contributed by atoms with Gasteiger partial charge in [-0.3, -0.25) is 10.4 Å². The number of hydrogen-bond donors (Lipinski definition) is 1. The SMILES string of the molecule is Cc1cc(C2CNN3CCC2CC3)c(-c2cccnc2)s1. The molecule has 5 rings (SSSR count). The van der Waals surface area contributed by atoms with Crippen molar-refractivity contribution < 1.29 is 0 Å². The molecule has 0 aliphatic carbocycles. The van der Waals surface area contributed by atoms with Gasteiger partial charge in [0.1, 0.15) is 0 Å². The van der Waals surface area contributed by atoms with E-state index in [1.54, 1.807) is 0 Å². The largest absolute Gasteiger partial charge is 0.264 e. The monoisotopic (exact) mass is 299 g/mol. The van der Waals surface area contributed by atoms with E-state index in [2.05, 4.69) is 34.5 Å². The zero-order valence-corrected chi connectivity index (χ0v) is 13.2. The predicted octanol–water partition coefficient (Wildman–Crippen LogP) is 3.43. The van der Waals surface area contributed by atoms with Crippen LogP contribution in [0.3, 0.4) is 0 Å². The van der Waals surface area contributed by atoms with E-state index in [-0.39, 0.29) is 0 Å². The lowest BCUT2D eigenvalue weighted by Crippen LogP contribution is -2.39. The van der Waals surface area contributed by atoms with Crippen LogP contribution in [0.15, 0.2) is 30.6 Å². The van der Waals surface area contributed by atoms with Gasteiger partial charge < -0.3 is 0 Å². The first-order valence-electron chi connectivity index (χ1n) is 7.80. The molecule has 1 atom stereocenters. The molecule has 3 nitrogen and oxygen atoms in total. The van der Waals surface area contributed by atoms with Gasteiger partial charge in [-0.25, -0.2) is 5.01 Å². The van der Waals surface area contributed by atoms with E-state index in [9.17, 15) is 0 Å². The molecule has 1 N–H and O–H groups in total. The average molecular weight is 299 g/mol. The van der Waals surface area contributed by atoms with Gasteiger partial charge in [0.2, 0.25) is 0 Å². The van der Waals surface area contributed by atoms with Crippen molar-refractivity contribution in [2.45, 2.75) is 25.7 Å². The topological polar surface area (TPSA) is 28.2 Å². The highest BCUT2D eigenvalue weighted by molar-refractivity contribution is 7.15. The van der Waals surface area contributed by atoms with Gasteiger partial charge in [-0.05, 0) is 43.4 Å². The highest BCUT2D eigenvalue weighted by Crippen LogP contribution is 2.42. The molecule has 0 amide bonds. The zero-order valence-electron chi connectivity index (χ0n) is 12.4. The molecule has 3 fully saturated rings. The fourth-order valence-electron chi connectivity index (χ4n) is 3.75. The number of thiophene rings is 1. The Morgan fingerprint density at radius 1 is 1.33 bits per heavy atom. The van der Waals surface area contributed by atoms with E-state index in [0.29, 0.717) is 5.92 Å². The van der Waals surface area contributed by atoms with Crippen molar-refractivity contribution in [3.8, 4) is 10.4 Å². The van der Waals surface area contributed by atoms with E-state index in [1.165, 1.54) is 46.8 Å². The number of nitrogens with zero attached hydrogens (tertiary/aromatic N) is 2. The van der Waals surface area contributed by atoms with E-state index in [1.807, 2.05) is 29.8 Å². The zero-order chi connectivity index (χ0) is 14.2. The second-order valence-corrected chi connectivity index (χ2v) is 7.43. The number of rotatable bonds is 2. The predicted molar refractivity (Wildman–Crippen MR) is 87.3 cm³/mol. The molecule has 4 heteroatoms. The van der Waals surface area contributed by atoms with Crippen LogP contribution in [0.2, 0.25) is 0 Å². The third-order valence-corrected chi connectivity index (χ3v) is 5.97. The molecule has 2 aromatic rings. The summed E-state index contributed by atoms with van der Waals surface area (Å²) in [7, 11) is 0. The molecular weight excluding hydrogens is 278 g/mol. The molecule has 110 valence electrons. The first-order chi connectivity index (χ1) is 10.3. The van der Waals surface area contributed by atoms with E-state index >= 15 is 0 Å². The average Bonchev–Trinajstić information content (AvgIpc) is 2.71. The lowest BCUT2D eigenvalue weighted by Gasteiger charge is -2.28. The molecule has 21 heavy (non-hydrogen) atoms.